The van der Waals surface area contributed by atoms with Gasteiger partial charge in [0.25, 0.3) is 0 Å². The Kier molecular flexibility index (Phi) is 4.82. The Labute approximate surface area is 169 Å². The van der Waals surface area contributed by atoms with E-state index in [0.29, 0.717) is 13.1 Å². The summed E-state index contributed by atoms with van der Waals surface area (Å²) < 4.78 is 11.4. The lowest BCUT2D eigenvalue weighted by molar-refractivity contribution is -0.144. The van der Waals surface area contributed by atoms with Gasteiger partial charge in [0, 0.05) is 20.6 Å². The van der Waals surface area contributed by atoms with E-state index >= 15 is 0 Å². The lowest BCUT2D eigenvalue weighted by Gasteiger charge is -2.27. The molecule has 4 atom stereocenters. The van der Waals surface area contributed by atoms with Gasteiger partial charge >= 0.3 is 0 Å². The van der Waals surface area contributed by atoms with Crippen LogP contribution in [0.2, 0.25) is 0 Å². The first-order valence-electron chi connectivity index (χ1n) is 9.63. The van der Waals surface area contributed by atoms with Gasteiger partial charge in [0.2, 0.25) is 17.7 Å². The molecule has 3 heterocycles. The number of nitrogens with zero attached hydrogens (tertiary/aromatic N) is 2. The third-order valence-electron chi connectivity index (χ3n) is 6.01. The van der Waals surface area contributed by atoms with Gasteiger partial charge in [-0.1, -0.05) is 24.3 Å². The highest BCUT2D eigenvalue weighted by Gasteiger charge is 2.67. The number of carbonyl (C=O) groups excluding carboxylic acids is 3. The largest absolute Gasteiger partial charge is 0.497 e. The Morgan fingerprint density at radius 1 is 1.41 bits per heavy atom. The number of likely N-dealkylation sites (N-methyl/N-ethyl adjacent to an activating group) is 2. The summed E-state index contributed by atoms with van der Waals surface area (Å²) in [4.78, 5) is 41.1. The van der Waals surface area contributed by atoms with Crippen molar-refractivity contribution in [2.24, 2.45) is 11.8 Å². The predicted molar refractivity (Wildman–Crippen MR) is 104 cm³/mol. The Hall–Kier alpha value is -2.87. The minimum atomic E-state index is -0.769. The third kappa shape index (κ3) is 3.17. The molecule has 1 aromatic rings. The molecule has 1 N–H and O–H groups in total. The van der Waals surface area contributed by atoms with E-state index in [4.69, 9.17) is 9.47 Å². The number of likely N-dealkylation sites (tertiary alicyclic amines) is 1. The van der Waals surface area contributed by atoms with E-state index in [1.165, 1.54) is 11.9 Å². The number of ether oxygens (including phenoxy) is 2. The van der Waals surface area contributed by atoms with Crippen molar-refractivity contribution < 1.29 is 23.9 Å². The summed E-state index contributed by atoms with van der Waals surface area (Å²) in [5, 5.41) is 2.51. The SMILES string of the molecule is CNC(=O)CN(C)C(=O)[C@@H]1[C@@H]2C=C[C@@]3(CN(Cc4cccc(OC)c4)C(=O)[C@@H]13)O2. The van der Waals surface area contributed by atoms with Crippen molar-refractivity contribution in [1.29, 1.82) is 0 Å². The highest BCUT2D eigenvalue weighted by molar-refractivity contribution is 5.94. The highest BCUT2D eigenvalue weighted by atomic mass is 16.5. The van der Waals surface area contributed by atoms with Crippen molar-refractivity contribution in [3.05, 3.63) is 42.0 Å². The molecule has 0 aromatic heterocycles. The fourth-order valence-electron chi connectivity index (χ4n) is 4.61. The van der Waals surface area contributed by atoms with Crippen LogP contribution in [-0.2, 0) is 25.7 Å². The number of amides is 3. The molecule has 3 aliphatic heterocycles. The van der Waals surface area contributed by atoms with E-state index < -0.39 is 23.5 Å². The van der Waals surface area contributed by atoms with Gasteiger partial charge in [-0.2, -0.15) is 0 Å². The fraction of sp³-hybridized carbons (Fsp3) is 0.476. The van der Waals surface area contributed by atoms with E-state index in [0.717, 1.165) is 11.3 Å². The molecule has 1 spiro atoms. The summed E-state index contributed by atoms with van der Waals surface area (Å²) in [5.41, 5.74) is 0.182. The standard InChI is InChI=1S/C21H25N3O5/c1-22-16(25)11-23(2)19(26)17-15-7-8-21(29-15)12-24(20(27)18(17)21)10-13-5-4-6-14(9-13)28-3/h4-9,15,17-18H,10-12H2,1-3H3,(H,22,25)/t15-,17+,18+,21-/m0/s1. The molecular weight excluding hydrogens is 374 g/mol. The van der Waals surface area contributed by atoms with E-state index in [1.54, 1.807) is 19.1 Å². The molecule has 4 rings (SSSR count). The highest BCUT2D eigenvalue weighted by Crippen LogP contribution is 2.52. The third-order valence-corrected chi connectivity index (χ3v) is 6.01. The molecule has 1 aromatic carbocycles. The van der Waals surface area contributed by atoms with Gasteiger partial charge in [0.15, 0.2) is 0 Å². The quantitative estimate of drug-likeness (QED) is 0.690. The summed E-state index contributed by atoms with van der Waals surface area (Å²) >= 11 is 0. The van der Waals surface area contributed by atoms with Crippen molar-refractivity contribution in [2.45, 2.75) is 18.2 Å². The van der Waals surface area contributed by atoms with Gasteiger partial charge in [-0.3, -0.25) is 14.4 Å². The van der Waals surface area contributed by atoms with E-state index in [1.807, 2.05) is 36.4 Å². The summed E-state index contributed by atoms with van der Waals surface area (Å²) in [6, 6.07) is 7.57. The molecule has 154 valence electrons. The van der Waals surface area contributed by atoms with Crippen LogP contribution in [0.15, 0.2) is 36.4 Å². The van der Waals surface area contributed by atoms with Crippen LogP contribution < -0.4 is 10.1 Å². The molecule has 3 amide bonds. The summed E-state index contributed by atoms with van der Waals surface area (Å²) in [6.07, 6.45) is 3.37. The summed E-state index contributed by atoms with van der Waals surface area (Å²) in [5.74, 6) is -1.04. The Morgan fingerprint density at radius 3 is 2.93 bits per heavy atom. The molecule has 0 radical (unpaired) electrons. The van der Waals surface area contributed by atoms with Crippen LogP contribution in [0.5, 0.6) is 5.75 Å². The van der Waals surface area contributed by atoms with E-state index in [9.17, 15) is 14.4 Å². The minimum absolute atomic E-state index is 0.0519. The number of carbonyl (C=O) groups is 3. The number of benzene rings is 1. The van der Waals surface area contributed by atoms with Crippen molar-refractivity contribution in [1.82, 2.24) is 15.1 Å². The fourth-order valence-corrected chi connectivity index (χ4v) is 4.61. The number of nitrogens with one attached hydrogen (secondary N) is 1. The molecular formula is C21H25N3O5. The molecule has 29 heavy (non-hydrogen) atoms. The molecule has 8 heteroatoms. The second-order valence-electron chi connectivity index (χ2n) is 7.81. The number of hydrogen-bond acceptors (Lipinski definition) is 5. The molecule has 2 fully saturated rings. The van der Waals surface area contributed by atoms with Crippen LogP contribution in [-0.4, -0.2) is 73.5 Å². The zero-order chi connectivity index (χ0) is 20.8. The number of hydrogen-bond donors (Lipinski definition) is 1. The minimum Gasteiger partial charge on any atom is -0.497 e. The van der Waals surface area contributed by atoms with Gasteiger partial charge in [-0.25, -0.2) is 0 Å². The average Bonchev–Trinajstić information content (AvgIpc) is 3.35. The van der Waals surface area contributed by atoms with Crippen LogP contribution in [0.3, 0.4) is 0 Å². The number of rotatable bonds is 6. The van der Waals surface area contributed by atoms with Crippen LogP contribution in [0.25, 0.3) is 0 Å². The lowest BCUT2D eigenvalue weighted by atomic mass is 9.76. The number of fused-ring (bicyclic) bond motifs is 1. The smallest absolute Gasteiger partial charge is 0.239 e. The summed E-state index contributed by atoms with van der Waals surface area (Å²) in [6.45, 7) is 0.776. The van der Waals surface area contributed by atoms with Crippen molar-refractivity contribution in [3.8, 4) is 5.75 Å². The average molecular weight is 399 g/mol. The van der Waals surface area contributed by atoms with Crippen LogP contribution >= 0.6 is 0 Å². The van der Waals surface area contributed by atoms with Crippen LogP contribution in [0.4, 0.5) is 0 Å². The van der Waals surface area contributed by atoms with E-state index in [-0.39, 0.29) is 24.3 Å². The van der Waals surface area contributed by atoms with Crippen molar-refractivity contribution in [3.63, 3.8) is 0 Å². The normalized spacial score (nSPS) is 29.1. The van der Waals surface area contributed by atoms with Crippen molar-refractivity contribution >= 4 is 17.7 Å². The Morgan fingerprint density at radius 2 is 2.21 bits per heavy atom. The van der Waals surface area contributed by atoms with Crippen LogP contribution in [0.1, 0.15) is 5.56 Å². The van der Waals surface area contributed by atoms with Gasteiger partial charge in [0.1, 0.15) is 11.4 Å². The summed E-state index contributed by atoms with van der Waals surface area (Å²) in [7, 11) is 4.70. The van der Waals surface area contributed by atoms with Gasteiger partial charge in [-0.15, -0.1) is 0 Å². The molecule has 0 aliphatic carbocycles. The zero-order valence-corrected chi connectivity index (χ0v) is 16.8. The Balaban J connectivity index is 1.54. The van der Waals surface area contributed by atoms with E-state index in [2.05, 4.69) is 5.32 Å². The maximum atomic E-state index is 13.3. The maximum Gasteiger partial charge on any atom is 0.239 e. The van der Waals surface area contributed by atoms with Gasteiger partial charge < -0.3 is 24.6 Å². The molecule has 2 bridgehead atoms. The maximum absolute atomic E-state index is 13.3. The van der Waals surface area contributed by atoms with Crippen LogP contribution in [0, 0.1) is 11.8 Å². The molecule has 0 unspecified atom stereocenters. The van der Waals surface area contributed by atoms with Gasteiger partial charge in [-0.05, 0) is 17.7 Å². The zero-order valence-electron chi connectivity index (χ0n) is 16.8. The van der Waals surface area contributed by atoms with Crippen molar-refractivity contribution in [2.75, 3.05) is 34.3 Å². The van der Waals surface area contributed by atoms with Gasteiger partial charge in [0.05, 0.1) is 38.1 Å². The molecule has 0 saturated carbocycles. The molecule has 8 nitrogen and oxygen atoms in total. The molecule has 3 aliphatic rings. The first-order chi connectivity index (χ1) is 13.9. The second kappa shape index (κ2) is 7.18. The number of methoxy groups -OCH3 is 1. The first kappa shape index (κ1) is 19.4. The molecule has 2 saturated heterocycles. The Bertz CT molecular complexity index is 885. The predicted octanol–water partition coefficient (Wildman–Crippen LogP) is 0.182. The lowest BCUT2D eigenvalue weighted by Crippen LogP contribution is -2.47. The second-order valence-corrected chi connectivity index (χ2v) is 7.81. The topological polar surface area (TPSA) is 88.2 Å². The monoisotopic (exact) mass is 399 g/mol. The first-order valence-corrected chi connectivity index (χ1v) is 9.63.